The Labute approximate surface area is 213 Å². The summed E-state index contributed by atoms with van der Waals surface area (Å²) in [7, 11) is 1.70. The number of carbonyl (C=O) groups excluding carboxylic acids is 1. The van der Waals surface area contributed by atoms with E-state index in [-0.39, 0.29) is 36.0 Å². The van der Waals surface area contributed by atoms with Crippen molar-refractivity contribution in [3.63, 3.8) is 0 Å². The van der Waals surface area contributed by atoms with Crippen LogP contribution in [0.5, 0.6) is 11.5 Å². The van der Waals surface area contributed by atoms with E-state index in [1.807, 2.05) is 36.1 Å². The fraction of sp³-hybridized carbons (Fsp3) is 0.440. The van der Waals surface area contributed by atoms with Crippen molar-refractivity contribution < 1.29 is 14.3 Å². The minimum absolute atomic E-state index is 0. The third-order valence-corrected chi connectivity index (χ3v) is 5.83. The van der Waals surface area contributed by atoms with Crippen LogP contribution in [0.2, 0.25) is 0 Å². The van der Waals surface area contributed by atoms with Crippen molar-refractivity contribution in [2.24, 2.45) is 4.99 Å². The lowest BCUT2D eigenvalue weighted by Gasteiger charge is -2.16. The molecule has 1 amide bonds. The van der Waals surface area contributed by atoms with Gasteiger partial charge in [-0.05, 0) is 50.1 Å². The Morgan fingerprint density at radius 3 is 2.70 bits per heavy atom. The zero-order valence-electron chi connectivity index (χ0n) is 19.5. The third-order valence-electron chi connectivity index (χ3n) is 5.83. The first-order chi connectivity index (χ1) is 15.6. The summed E-state index contributed by atoms with van der Waals surface area (Å²) in [6.45, 7) is 6.83. The molecular formula is C25H33IN4O3. The zero-order chi connectivity index (χ0) is 22.5. The van der Waals surface area contributed by atoms with Gasteiger partial charge in [0.2, 0.25) is 5.91 Å². The van der Waals surface area contributed by atoms with Crippen LogP contribution < -0.4 is 25.0 Å². The predicted octanol–water partition coefficient (Wildman–Crippen LogP) is 4.02. The van der Waals surface area contributed by atoms with Gasteiger partial charge in [-0.25, -0.2) is 4.99 Å². The van der Waals surface area contributed by atoms with Crippen molar-refractivity contribution in [3.05, 3.63) is 53.1 Å². The number of nitrogens with zero attached hydrogens (tertiary/aromatic N) is 2. The Kier molecular flexibility index (Phi) is 8.82. The number of ether oxygens (including phenoxy) is 2. The number of methoxy groups -OCH3 is 1. The van der Waals surface area contributed by atoms with E-state index in [2.05, 4.69) is 29.7 Å². The summed E-state index contributed by atoms with van der Waals surface area (Å²) in [6, 6.07) is 12.2. The maximum Gasteiger partial charge on any atom is 0.227 e. The zero-order valence-corrected chi connectivity index (χ0v) is 21.8. The summed E-state index contributed by atoms with van der Waals surface area (Å²) < 4.78 is 11.5. The summed E-state index contributed by atoms with van der Waals surface area (Å²) in [5, 5.41) is 6.69. The van der Waals surface area contributed by atoms with Gasteiger partial charge in [0.05, 0.1) is 13.7 Å². The van der Waals surface area contributed by atoms with Crippen LogP contribution in [0.15, 0.2) is 41.4 Å². The Hall–Kier alpha value is -2.49. The second-order valence-corrected chi connectivity index (χ2v) is 8.27. The number of hydrogen-bond acceptors (Lipinski definition) is 4. The van der Waals surface area contributed by atoms with Gasteiger partial charge in [0, 0.05) is 49.3 Å². The van der Waals surface area contributed by atoms with E-state index in [0.29, 0.717) is 19.5 Å². The second kappa shape index (κ2) is 11.6. The van der Waals surface area contributed by atoms with E-state index >= 15 is 0 Å². The molecule has 2 heterocycles. The first-order valence-corrected chi connectivity index (χ1v) is 11.3. The molecule has 2 aromatic carbocycles. The molecule has 2 aliphatic heterocycles. The number of amides is 1. The number of aliphatic imine (C=N–C) groups is 1. The largest absolute Gasteiger partial charge is 0.496 e. The average Bonchev–Trinajstić information content (AvgIpc) is 3.39. The van der Waals surface area contributed by atoms with Crippen LogP contribution >= 0.6 is 24.0 Å². The molecule has 178 valence electrons. The maximum atomic E-state index is 11.9. The van der Waals surface area contributed by atoms with Gasteiger partial charge in [-0.15, -0.1) is 24.0 Å². The first-order valence-electron chi connectivity index (χ1n) is 11.3. The minimum atomic E-state index is 0. The monoisotopic (exact) mass is 564 g/mol. The standard InChI is InChI=1S/C25H32N4O3.HI/c1-4-26-25(27-15-18-7-9-21(10-8-18)29-11-5-6-24(29)30)28-16-20-14-23-19(12-17(2)32-23)13-22(20)31-3;/h7-10,13-14,17H,4-6,11-12,15-16H2,1-3H3,(H2,26,27,28);1H. The van der Waals surface area contributed by atoms with Crippen molar-refractivity contribution in [2.45, 2.75) is 52.3 Å². The van der Waals surface area contributed by atoms with Gasteiger partial charge in [-0.1, -0.05) is 12.1 Å². The molecule has 2 aromatic rings. The molecule has 1 fully saturated rings. The number of halogens is 1. The van der Waals surface area contributed by atoms with Crippen LogP contribution in [-0.4, -0.2) is 38.2 Å². The van der Waals surface area contributed by atoms with E-state index in [1.165, 1.54) is 5.56 Å². The molecule has 8 heteroatoms. The quantitative estimate of drug-likeness (QED) is 0.302. The summed E-state index contributed by atoms with van der Waals surface area (Å²) in [6.07, 6.45) is 2.69. The van der Waals surface area contributed by atoms with Crippen molar-refractivity contribution in [2.75, 3.05) is 25.1 Å². The highest BCUT2D eigenvalue weighted by Gasteiger charge is 2.22. The van der Waals surface area contributed by atoms with Crippen LogP contribution in [0, 0.1) is 0 Å². The number of fused-ring (bicyclic) bond motifs is 1. The van der Waals surface area contributed by atoms with E-state index in [0.717, 1.165) is 60.2 Å². The van der Waals surface area contributed by atoms with Crippen LogP contribution in [0.3, 0.4) is 0 Å². The Morgan fingerprint density at radius 2 is 2.03 bits per heavy atom. The Morgan fingerprint density at radius 1 is 1.24 bits per heavy atom. The van der Waals surface area contributed by atoms with Crippen molar-refractivity contribution >= 4 is 41.5 Å². The molecule has 0 bridgehead atoms. The van der Waals surface area contributed by atoms with Crippen LogP contribution in [0.1, 0.15) is 43.4 Å². The second-order valence-electron chi connectivity index (χ2n) is 8.27. The molecule has 1 unspecified atom stereocenters. The fourth-order valence-corrected chi connectivity index (χ4v) is 4.20. The molecule has 0 aromatic heterocycles. The number of anilines is 1. The topological polar surface area (TPSA) is 75.2 Å². The molecule has 4 rings (SSSR count). The van der Waals surface area contributed by atoms with Gasteiger partial charge in [-0.2, -0.15) is 0 Å². The molecule has 33 heavy (non-hydrogen) atoms. The molecule has 2 aliphatic rings. The van der Waals surface area contributed by atoms with Crippen molar-refractivity contribution in [1.29, 1.82) is 0 Å². The molecule has 1 atom stereocenters. The molecule has 0 radical (unpaired) electrons. The highest BCUT2D eigenvalue weighted by molar-refractivity contribution is 14.0. The van der Waals surface area contributed by atoms with Gasteiger partial charge in [0.1, 0.15) is 17.6 Å². The number of carbonyl (C=O) groups is 1. The third kappa shape index (κ3) is 6.10. The Balaban J connectivity index is 0.00000306. The van der Waals surface area contributed by atoms with Crippen LogP contribution in [-0.2, 0) is 24.3 Å². The number of nitrogens with one attached hydrogen (secondary N) is 2. The number of hydrogen-bond donors (Lipinski definition) is 2. The summed E-state index contributed by atoms with van der Waals surface area (Å²) >= 11 is 0. The van der Waals surface area contributed by atoms with Gasteiger partial charge in [-0.3, -0.25) is 4.79 Å². The molecule has 0 aliphatic carbocycles. The normalized spacial score (nSPS) is 17.3. The number of guanidine groups is 1. The highest BCUT2D eigenvalue weighted by atomic mass is 127. The van der Waals surface area contributed by atoms with E-state index in [1.54, 1.807) is 7.11 Å². The lowest BCUT2D eigenvalue weighted by atomic mass is 10.1. The number of rotatable bonds is 7. The average molecular weight is 564 g/mol. The van der Waals surface area contributed by atoms with Crippen molar-refractivity contribution in [3.8, 4) is 11.5 Å². The lowest BCUT2D eigenvalue weighted by molar-refractivity contribution is -0.117. The van der Waals surface area contributed by atoms with Crippen LogP contribution in [0.4, 0.5) is 5.69 Å². The SMILES string of the molecule is CCNC(=NCc1ccc(N2CCCC2=O)cc1)NCc1cc2c(cc1OC)CC(C)O2.I. The van der Waals surface area contributed by atoms with Gasteiger partial charge >= 0.3 is 0 Å². The fourth-order valence-electron chi connectivity index (χ4n) is 4.20. The first kappa shape index (κ1) is 25.1. The highest BCUT2D eigenvalue weighted by Crippen LogP contribution is 2.34. The summed E-state index contributed by atoms with van der Waals surface area (Å²) in [4.78, 5) is 18.5. The van der Waals surface area contributed by atoms with E-state index in [4.69, 9.17) is 14.5 Å². The molecule has 0 spiro atoms. The Bertz CT molecular complexity index is 994. The predicted molar refractivity (Wildman–Crippen MR) is 142 cm³/mol. The minimum Gasteiger partial charge on any atom is -0.496 e. The van der Waals surface area contributed by atoms with Gasteiger partial charge in [0.15, 0.2) is 5.96 Å². The van der Waals surface area contributed by atoms with Crippen LogP contribution in [0.25, 0.3) is 0 Å². The lowest BCUT2D eigenvalue weighted by Crippen LogP contribution is -2.36. The van der Waals surface area contributed by atoms with Gasteiger partial charge in [0.25, 0.3) is 0 Å². The molecular weight excluding hydrogens is 531 g/mol. The smallest absolute Gasteiger partial charge is 0.227 e. The molecule has 0 saturated carbocycles. The van der Waals surface area contributed by atoms with E-state index < -0.39 is 0 Å². The number of benzene rings is 2. The molecule has 7 nitrogen and oxygen atoms in total. The van der Waals surface area contributed by atoms with Crippen molar-refractivity contribution in [1.82, 2.24) is 10.6 Å². The van der Waals surface area contributed by atoms with E-state index in [9.17, 15) is 4.79 Å². The molecule has 2 N–H and O–H groups in total. The molecule has 1 saturated heterocycles. The summed E-state index contributed by atoms with van der Waals surface area (Å²) in [5.74, 6) is 2.74. The van der Waals surface area contributed by atoms with Gasteiger partial charge < -0.3 is 25.0 Å². The summed E-state index contributed by atoms with van der Waals surface area (Å²) in [5.41, 5.74) is 4.28. The maximum absolute atomic E-state index is 11.9.